The molecule has 0 atom stereocenters. The first kappa shape index (κ1) is 12.9. The zero-order chi connectivity index (χ0) is 14.8. The third kappa shape index (κ3) is 2.62. The van der Waals surface area contributed by atoms with Crippen LogP contribution >= 0.6 is 0 Å². The van der Waals surface area contributed by atoms with Crippen LogP contribution < -0.4 is 5.32 Å². The fourth-order valence-corrected chi connectivity index (χ4v) is 1.91. The average Bonchev–Trinajstić information content (AvgIpc) is 3.12. The van der Waals surface area contributed by atoms with Crippen LogP contribution in [-0.4, -0.2) is 26.4 Å². The van der Waals surface area contributed by atoms with Crippen molar-refractivity contribution >= 4 is 17.5 Å². The number of aromatic nitrogens is 2. The first-order valence-electron chi connectivity index (χ1n) is 6.16. The number of nitrogens with zero attached hydrogens (tertiary/aromatic N) is 2. The summed E-state index contributed by atoms with van der Waals surface area (Å²) < 4.78 is 6.80. The van der Waals surface area contributed by atoms with E-state index in [1.807, 2.05) is 0 Å². The molecule has 1 amide bonds. The van der Waals surface area contributed by atoms with Crippen molar-refractivity contribution in [3.05, 3.63) is 59.9 Å². The van der Waals surface area contributed by atoms with Gasteiger partial charge in [-0.25, -0.2) is 9.78 Å². The van der Waals surface area contributed by atoms with Crippen LogP contribution in [0.15, 0.2) is 47.3 Å². The summed E-state index contributed by atoms with van der Waals surface area (Å²) in [6, 6.07) is 6.27. The highest BCUT2D eigenvalue weighted by Gasteiger charge is 2.11. The molecule has 0 spiro atoms. The molecule has 0 radical (unpaired) electrons. The molecule has 3 aromatic rings. The highest BCUT2D eigenvalue weighted by atomic mass is 16.4. The van der Waals surface area contributed by atoms with Crippen LogP contribution in [0.25, 0.3) is 5.65 Å². The number of amides is 1. The molecule has 0 aliphatic carbocycles. The minimum Gasteiger partial charge on any atom is -0.475 e. The second kappa shape index (κ2) is 5.12. The van der Waals surface area contributed by atoms with Crippen LogP contribution in [0, 0.1) is 0 Å². The third-order valence-corrected chi connectivity index (χ3v) is 2.95. The maximum atomic E-state index is 12.0. The molecule has 0 saturated heterocycles. The predicted molar refractivity (Wildman–Crippen MR) is 72.0 cm³/mol. The molecule has 7 heteroatoms. The molecule has 0 saturated carbocycles. The summed E-state index contributed by atoms with van der Waals surface area (Å²) in [7, 11) is 0. The molecule has 0 bridgehead atoms. The number of carboxylic acid groups (broad SMARTS) is 1. The van der Waals surface area contributed by atoms with Crippen molar-refractivity contribution in [2.24, 2.45) is 0 Å². The smallest absolute Gasteiger partial charge is 0.371 e. The Balaban J connectivity index is 1.69. The van der Waals surface area contributed by atoms with Crippen LogP contribution in [-0.2, 0) is 6.54 Å². The van der Waals surface area contributed by atoms with Crippen molar-refractivity contribution < 1.29 is 19.1 Å². The molecule has 0 aromatic carbocycles. The fraction of sp³-hybridized carbons (Fsp3) is 0.0714. The Morgan fingerprint density at radius 3 is 2.90 bits per heavy atom. The molecule has 21 heavy (non-hydrogen) atoms. The van der Waals surface area contributed by atoms with E-state index < -0.39 is 5.97 Å². The summed E-state index contributed by atoms with van der Waals surface area (Å²) in [5, 5.41) is 11.4. The van der Waals surface area contributed by atoms with Crippen LogP contribution in [0.4, 0.5) is 0 Å². The number of nitrogens with one attached hydrogen (secondary N) is 1. The normalized spacial score (nSPS) is 10.7. The summed E-state index contributed by atoms with van der Waals surface area (Å²) in [6.07, 6.45) is 5.06. The van der Waals surface area contributed by atoms with Gasteiger partial charge >= 0.3 is 5.97 Å². The molecule has 106 valence electrons. The SMILES string of the molecule is O=C(NCc1ccc(C(=O)O)o1)c1ccc2nccn2c1. The van der Waals surface area contributed by atoms with Crippen molar-refractivity contribution in [2.45, 2.75) is 6.54 Å². The van der Waals surface area contributed by atoms with E-state index in [0.29, 0.717) is 11.3 Å². The lowest BCUT2D eigenvalue weighted by molar-refractivity contribution is 0.0660. The number of carboxylic acids is 1. The number of aromatic carboxylic acids is 1. The second-order valence-electron chi connectivity index (χ2n) is 4.36. The minimum absolute atomic E-state index is 0.119. The summed E-state index contributed by atoms with van der Waals surface area (Å²) in [4.78, 5) is 26.8. The molecule has 3 heterocycles. The first-order chi connectivity index (χ1) is 10.1. The molecule has 7 nitrogen and oxygen atoms in total. The van der Waals surface area contributed by atoms with Gasteiger partial charge in [0.25, 0.3) is 5.91 Å². The number of pyridine rings is 1. The fourth-order valence-electron chi connectivity index (χ4n) is 1.91. The van der Waals surface area contributed by atoms with Crippen LogP contribution in [0.1, 0.15) is 26.7 Å². The standard InChI is InChI=1S/C14H11N3O4/c18-13(9-1-4-12-15-5-6-17(12)8-9)16-7-10-2-3-11(21-10)14(19)20/h1-6,8H,7H2,(H,16,18)(H,19,20). The predicted octanol–water partition coefficient (Wildman–Crippen LogP) is 1.56. The Bertz CT molecular complexity index is 818. The van der Waals surface area contributed by atoms with E-state index in [2.05, 4.69) is 10.3 Å². The summed E-state index contributed by atoms with van der Waals surface area (Å²) in [6.45, 7) is 0.119. The number of rotatable bonds is 4. The number of carbonyl (C=O) groups is 2. The molecule has 0 unspecified atom stereocenters. The average molecular weight is 285 g/mol. The maximum absolute atomic E-state index is 12.0. The Hall–Kier alpha value is -3.09. The number of hydrogen-bond donors (Lipinski definition) is 2. The van der Waals surface area contributed by atoms with Gasteiger partial charge in [-0.15, -0.1) is 0 Å². The van der Waals surface area contributed by atoms with Crippen LogP contribution in [0.3, 0.4) is 0 Å². The van der Waals surface area contributed by atoms with Gasteiger partial charge in [-0.3, -0.25) is 4.79 Å². The summed E-state index contributed by atoms with van der Waals surface area (Å²) in [5.41, 5.74) is 1.23. The van der Waals surface area contributed by atoms with Gasteiger partial charge in [0.05, 0.1) is 12.1 Å². The zero-order valence-corrected chi connectivity index (χ0v) is 10.8. The Labute approximate surface area is 118 Å². The van der Waals surface area contributed by atoms with Crippen molar-refractivity contribution in [1.82, 2.24) is 14.7 Å². The number of furan rings is 1. The van der Waals surface area contributed by atoms with E-state index in [4.69, 9.17) is 9.52 Å². The quantitative estimate of drug-likeness (QED) is 0.758. The van der Waals surface area contributed by atoms with Gasteiger partial charge in [0.2, 0.25) is 5.76 Å². The van der Waals surface area contributed by atoms with Gasteiger partial charge < -0.3 is 19.2 Å². The van der Waals surface area contributed by atoms with E-state index in [1.165, 1.54) is 12.1 Å². The Morgan fingerprint density at radius 1 is 1.29 bits per heavy atom. The monoisotopic (exact) mass is 285 g/mol. The molecular formula is C14H11N3O4. The van der Waals surface area contributed by atoms with Crippen molar-refractivity contribution in [3.63, 3.8) is 0 Å². The highest BCUT2D eigenvalue weighted by Crippen LogP contribution is 2.09. The van der Waals surface area contributed by atoms with Gasteiger partial charge in [0.1, 0.15) is 11.4 Å². The Kier molecular flexibility index (Phi) is 3.15. The Morgan fingerprint density at radius 2 is 2.14 bits per heavy atom. The van der Waals surface area contributed by atoms with E-state index in [-0.39, 0.29) is 18.2 Å². The molecule has 3 rings (SSSR count). The number of fused-ring (bicyclic) bond motifs is 1. The largest absolute Gasteiger partial charge is 0.475 e. The lowest BCUT2D eigenvalue weighted by atomic mass is 10.2. The van der Waals surface area contributed by atoms with E-state index in [0.717, 1.165) is 5.65 Å². The molecule has 0 fully saturated rings. The minimum atomic E-state index is -1.14. The van der Waals surface area contributed by atoms with Gasteiger partial charge in [-0.1, -0.05) is 0 Å². The first-order valence-corrected chi connectivity index (χ1v) is 6.16. The maximum Gasteiger partial charge on any atom is 0.371 e. The molecule has 2 N–H and O–H groups in total. The van der Waals surface area contributed by atoms with Gasteiger partial charge in [-0.05, 0) is 24.3 Å². The summed E-state index contributed by atoms with van der Waals surface area (Å²) in [5.74, 6) is -1.19. The van der Waals surface area contributed by atoms with E-state index in [1.54, 1.807) is 35.1 Å². The highest BCUT2D eigenvalue weighted by molar-refractivity contribution is 5.94. The number of carbonyl (C=O) groups excluding carboxylic acids is 1. The molecule has 0 aliphatic rings. The molecule has 3 aromatic heterocycles. The van der Waals surface area contributed by atoms with E-state index in [9.17, 15) is 9.59 Å². The summed E-state index contributed by atoms with van der Waals surface area (Å²) >= 11 is 0. The van der Waals surface area contributed by atoms with Gasteiger partial charge in [0.15, 0.2) is 0 Å². The topological polar surface area (TPSA) is 96.8 Å². The molecule has 0 aliphatic heterocycles. The number of imidazole rings is 1. The van der Waals surface area contributed by atoms with Gasteiger partial charge in [-0.2, -0.15) is 0 Å². The molecular weight excluding hydrogens is 274 g/mol. The van der Waals surface area contributed by atoms with E-state index >= 15 is 0 Å². The van der Waals surface area contributed by atoms with Crippen molar-refractivity contribution in [3.8, 4) is 0 Å². The van der Waals surface area contributed by atoms with Crippen LogP contribution in [0.2, 0.25) is 0 Å². The number of hydrogen-bond acceptors (Lipinski definition) is 4. The zero-order valence-electron chi connectivity index (χ0n) is 10.8. The van der Waals surface area contributed by atoms with Crippen LogP contribution in [0.5, 0.6) is 0 Å². The third-order valence-electron chi connectivity index (χ3n) is 2.95. The van der Waals surface area contributed by atoms with Crippen molar-refractivity contribution in [2.75, 3.05) is 0 Å². The van der Waals surface area contributed by atoms with Crippen molar-refractivity contribution in [1.29, 1.82) is 0 Å². The lowest BCUT2D eigenvalue weighted by Crippen LogP contribution is -2.22. The second-order valence-corrected chi connectivity index (χ2v) is 4.36. The lowest BCUT2D eigenvalue weighted by Gasteiger charge is -2.04. The van der Waals surface area contributed by atoms with Gasteiger partial charge in [0, 0.05) is 18.6 Å².